The number of cyclic esters (lactones) is 1. The average Bonchev–Trinajstić information content (AvgIpc) is 3.47. The van der Waals surface area contributed by atoms with Crippen LogP contribution in [0.25, 0.3) is 0 Å². The van der Waals surface area contributed by atoms with Crippen molar-refractivity contribution in [1.82, 2.24) is 10.2 Å². The van der Waals surface area contributed by atoms with E-state index in [1.54, 1.807) is 0 Å². The van der Waals surface area contributed by atoms with Crippen molar-refractivity contribution in [3.8, 4) is 0 Å². The number of hydrogen-bond acceptors (Lipinski definition) is 8. The highest BCUT2D eigenvalue weighted by molar-refractivity contribution is 8.03. The van der Waals surface area contributed by atoms with Crippen LogP contribution in [-0.4, -0.2) is 58.2 Å². The molecule has 3 aliphatic rings. The topological polar surface area (TPSA) is 102 Å². The van der Waals surface area contributed by atoms with Crippen LogP contribution < -0.4 is 5.32 Å². The molecular weight excluding hydrogens is 585 g/mol. The molecule has 3 aliphatic heterocycles. The number of benzene rings is 3. The van der Waals surface area contributed by atoms with Gasteiger partial charge in [0.1, 0.15) is 23.7 Å². The van der Waals surface area contributed by atoms with Crippen LogP contribution in [0, 0.1) is 0 Å². The summed E-state index contributed by atoms with van der Waals surface area (Å²) in [5, 5.41) is 2.43. The first-order chi connectivity index (χ1) is 21.0. The summed E-state index contributed by atoms with van der Waals surface area (Å²) in [5.74, 6) is -0.792. The summed E-state index contributed by atoms with van der Waals surface area (Å²) >= 11 is 2.89. The van der Waals surface area contributed by atoms with Crippen LogP contribution in [0.4, 0.5) is 0 Å². The highest BCUT2D eigenvalue weighted by atomic mass is 32.2. The number of fused-ring (bicyclic) bond motifs is 1. The number of nitrogens with one attached hydrogen (secondary N) is 1. The molecule has 43 heavy (non-hydrogen) atoms. The molecule has 0 saturated carbocycles. The fourth-order valence-electron chi connectivity index (χ4n) is 5.16. The number of esters is 2. The van der Waals surface area contributed by atoms with Crippen molar-refractivity contribution >= 4 is 47.3 Å². The third-order valence-electron chi connectivity index (χ3n) is 7.26. The first-order valence-electron chi connectivity index (χ1n) is 13.8. The minimum atomic E-state index is -0.749. The number of carbonyl (C=O) groups excluding carboxylic acids is 4. The Morgan fingerprint density at radius 1 is 0.953 bits per heavy atom. The van der Waals surface area contributed by atoms with E-state index in [9.17, 15) is 19.2 Å². The van der Waals surface area contributed by atoms with E-state index >= 15 is 0 Å². The third kappa shape index (κ3) is 6.40. The lowest BCUT2D eigenvalue weighted by Crippen LogP contribution is -2.70. The fraction of sp³-hybridized carbons (Fsp3) is 0.212. The first kappa shape index (κ1) is 28.8. The van der Waals surface area contributed by atoms with Crippen molar-refractivity contribution in [3.63, 3.8) is 0 Å². The molecule has 218 valence electrons. The van der Waals surface area contributed by atoms with Gasteiger partial charge in [-0.25, -0.2) is 9.59 Å². The molecule has 0 radical (unpaired) electrons. The zero-order valence-corrected chi connectivity index (χ0v) is 24.6. The molecule has 3 aromatic carbocycles. The van der Waals surface area contributed by atoms with Crippen molar-refractivity contribution < 1.29 is 28.7 Å². The summed E-state index contributed by atoms with van der Waals surface area (Å²) in [4.78, 5) is 54.2. The Kier molecular flexibility index (Phi) is 8.67. The molecule has 1 fully saturated rings. The normalized spacial score (nSPS) is 19.4. The van der Waals surface area contributed by atoms with Crippen LogP contribution in [0.1, 0.15) is 22.8 Å². The highest BCUT2D eigenvalue weighted by Gasteiger charge is 2.54. The first-order valence-corrected chi connectivity index (χ1v) is 15.8. The van der Waals surface area contributed by atoms with Crippen molar-refractivity contribution in [3.05, 3.63) is 130 Å². The third-order valence-corrected chi connectivity index (χ3v) is 9.70. The molecule has 1 saturated heterocycles. The van der Waals surface area contributed by atoms with Crippen LogP contribution in [0.2, 0.25) is 0 Å². The second-order valence-corrected chi connectivity index (χ2v) is 12.4. The Bertz CT molecular complexity index is 1550. The monoisotopic (exact) mass is 612 g/mol. The highest BCUT2D eigenvalue weighted by Crippen LogP contribution is 2.43. The van der Waals surface area contributed by atoms with Crippen molar-refractivity contribution in [1.29, 1.82) is 0 Å². The Morgan fingerprint density at radius 3 is 2.19 bits per heavy atom. The predicted octanol–water partition coefficient (Wildman–Crippen LogP) is 4.39. The molecule has 2 amide bonds. The van der Waals surface area contributed by atoms with Crippen LogP contribution >= 0.6 is 23.5 Å². The van der Waals surface area contributed by atoms with Gasteiger partial charge in [0.25, 0.3) is 5.91 Å². The number of carbonyl (C=O) groups is 4. The van der Waals surface area contributed by atoms with Gasteiger partial charge in [-0.3, -0.25) is 14.5 Å². The molecular formula is C33H28N2O6S2. The van der Waals surface area contributed by atoms with Gasteiger partial charge in [-0.15, -0.1) is 23.5 Å². The zero-order valence-electron chi connectivity index (χ0n) is 23.0. The zero-order chi connectivity index (χ0) is 29.8. The molecule has 6 rings (SSSR count). The Morgan fingerprint density at radius 2 is 1.58 bits per heavy atom. The number of ether oxygens (including phenoxy) is 2. The molecule has 3 aromatic rings. The molecule has 1 N–H and O–H groups in total. The summed E-state index contributed by atoms with van der Waals surface area (Å²) in [5.41, 5.74) is 3.36. The van der Waals surface area contributed by atoms with E-state index in [-0.39, 0.29) is 30.5 Å². The number of thioether (sulfide) groups is 2. The van der Waals surface area contributed by atoms with Crippen LogP contribution in [-0.2, 0) is 35.1 Å². The van der Waals surface area contributed by atoms with E-state index in [1.165, 1.54) is 34.5 Å². The molecule has 0 aliphatic carbocycles. The summed E-state index contributed by atoms with van der Waals surface area (Å²) in [6.07, 6.45) is 0.904. The maximum atomic E-state index is 14.0. The molecule has 10 heteroatoms. The average molecular weight is 613 g/mol. The minimum absolute atomic E-state index is 0.153. The lowest BCUT2D eigenvalue weighted by molar-refractivity contribution is -0.154. The van der Waals surface area contributed by atoms with Crippen LogP contribution in [0.15, 0.2) is 113 Å². The van der Waals surface area contributed by atoms with Gasteiger partial charge in [-0.05, 0) is 22.3 Å². The van der Waals surface area contributed by atoms with E-state index in [1.807, 2.05) is 91.0 Å². The summed E-state index contributed by atoms with van der Waals surface area (Å²) in [6.45, 7) is 0.189. The van der Waals surface area contributed by atoms with Gasteiger partial charge < -0.3 is 14.8 Å². The SMILES string of the molecule is O=C(Cc1ccccc1)N[C@@H]1C(=O)N2C(C(=O)OC(c3ccccc3)c3ccccc3)=C(CSC3=CC(=O)OC3)CS[C@@H]12. The number of hydrogen-bond donors (Lipinski definition) is 1. The van der Waals surface area contributed by atoms with Gasteiger partial charge in [0.2, 0.25) is 5.91 Å². The maximum absolute atomic E-state index is 14.0. The van der Waals surface area contributed by atoms with E-state index in [4.69, 9.17) is 9.47 Å². The minimum Gasteiger partial charge on any atom is -0.457 e. The van der Waals surface area contributed by atoms with Gasteiger partial charge >= 0.3 is 11.9 Å². The molecule has 0 aromatic heterocycles. The number of β-lactam (4-membered cyclic amide) rings is 1. The molecule has 3 heterocycles. The lowest BCUT2D eigenvalue weighted by atomic mass is 10.0. The predicted molar refractivity (Wildman–Crippen MR) is 165 cm³/mol. The number of rotatable bonds is 10. The van der Waals surface area contributed by atoms with E-state index < -0.39 is 29.5 Å². The Hall–Kier alpha value is -4.28. The maximum Gasteiger partial charge on any atom is 0.356 e. The molecule has 0 spiro atoms. The van der Waals surface area contributed by atoms with Crippen LogP contribution in [0.5, 0.6) is 0 Å². The molecule has 0 bridgehead atoms. The van der Waals surface area contributed by atoms with E-state index in [0.29, 0.717) is 11.5 Å². The largest absolute Gasteiger partial charge is 0.457 e. The van der Waals surface area contributed by atoms with Crippen molar-refractivity contribution in [2.24, 2.45) is 0 Å². The molecule has 0 unspecified atom stereocenters. The molecule has 2 atom stereocenters. The standard InChI is InChI=1S/C33H28N2O6S2/c36-26(16-21-10-4-1-5-11-21)34-28-31(38)35-29(24(20-43-32(28)35)19-42-25-17-27(37)40-18-25)33(39)41-30(22-12-6-2-7-13-22)23-14-8-3-9-15-23/h1-15,17,28,30,32H,16,18-20H2,(H,34,36)/t28-,32+/m1/s1. The second-order valence-electron chi connectivity index (χ2n) is 10.2. The summed E-state index contributed by atoms with van der Waals surface area (Å²) in [6, 6.07) is 27.5. The summed E-state index contributed by atoms with van der Waals surface area (Å²) in [7, 11) is 0. The van der Waals surface area contributed by atoms with E-state index in [0.717, 1.165) is 27.2 Å². The smallest absolute Gasteiger partial charge is 0.356 e. The van der Waals surface area contributed by atoms with Gasteiger partial charge in [-0.1, -0.05) is 91.0 Å². The molecule has 8 nitrogen and oxygen atoms in total. The lowest BCUT2D eigenvalue weighted by Gasteiger charge is -2.50. The van der Waals surface area contributed by atoms with Gasteiger partial charge in [0.05, 0.1) is 6.42 Å². The van der Waals surface area contributed by atoms with Crippen molar-refractivity contribution in [2.45, 2.75) is 23.9 Å². The number of amides is 2. The summed E-state index contributed by atoms with van der Waals surface area (Å²) < 4.78 is 11.2. The van der Waals surface area contributed by atoms with Gasteiger partial charge in [0.15, 0.2) is 6.10 Å². The Labute approximate surface area is 257 Å². The van der Waals surface area contributed by atoms with Gasteiger partial charge in [0, 0.05) is 22.5 Å². The quantitative estimate of drug-likeness (QED) is 0.266. The van der Waals surface area contributed by atoms with Crippen LogP contribution in [0.3, 0.4) is 0 Å². The Balaban J connectivity index is 1.26. The van der Waals surface area contributed by atoms with Crippen molar-refractivity contribution in [2.75, 3.05) is 18.1 Å². The fourth-order valence-corrected chi connectivity index (χ4v) is 7.55. The second kappa shape index (κ2) is 12.9. The number of nitrogens with zero attached hydrogens (tertiary/aromatic N) is 1. The van der Waals surface area contributed by atoms with Gasteiger partial charge in [-0.2, -0.15) is 0 Å². The van der Waals surface area contributed by atoms with E-state index in [2.05, 4.69) is 5.32 Å².